The number of Topliss-reactive ketones (excluding diaryl/α,β-unsaturated/α-hetero) is 1. The third-order valence-electron chi connectivity index (χ3n) is 4.17. The van der Waals surface area contributed by atoms with Crippen LogP contribution in [0.4, 0.5) is 5.69 Å². The van der Waals surface area contributed by atoms with Crippen LogP contribution in [0, 0.1) is 0 Å². The summed E-state index contributed by atoms with van der Waals surface area (Å²) in [6.07, 6.45) is -0.982. The highest BCUT2D eigenvalue weighted by Crippen LogP contribution is 2.17. The maximum absolute atomic E-state index is 12.4. The van der Waals surface area contributed by atoms with E-state index < -0.39 is 18.0 Å². The van der Waals surface area contributed by atoms with Crippen molar-refractivity contribution in [3.8, 4) is 0 Å². The van der Waals surface area contributed by atoms with Gasteiger partial charge >= 0.3 is 5.97 Å². The molecule has 0 aliphatic rings. The molecule has 0 saturated heterocycles. The van der Waals surface area contributed by atoms with Crippen LogP contribution in [0.25, 0.3) is 10.8 Å². The molecule has 0 fully saturated rings. The molecule has 5 nitrogen and oxygen atoms in total. The lowest BCUT2D eigenvalue weighted by Gasteiger charge is -2.14. The Balaban J connectivity index is 1.67. The van der Waals surface area contributed by atoms with Gasteiger partial charge < -0.3 is 10.1 Å². The van der Waals surface area contributed by atoms with Crippen molar-refractivity contribution in [1.82, 2.24) is 0 Å². The van der Waals surface area contributed by atoms with E-state index in [1.807, 2.05) is 30.3 Å². The Labute approximate surface area is 157 Å². The Morgan fingerprint density at radius 1 is 0.852 bits per heavy atom. The van der Waals surface area contributed by atoms with E-state index in [0.717, 1.165) is 10.8 Å². The molecule has 0 heterocycles. The van der Waals surface area contributed by atoms with Crippen LogP contribution in [-0.4, -0.2) is 23.8 Å². The first-order valence-electron chi connectivity index (χ1n) is 8.55. The van der Waals surface area contributed by atoms with Gasteiger partial charge in [-0.3, -0.25) is 9.59 Å². The zero-order valence-electron chi connectivity index (χ0n) is 15.1. The first-order valence-corrected chi connectivity index (χ1v) is 8.55. The van der Waals surface area contributed by atoms with Crippen LogP contribution in [0.1, 0.15) is 34.6 Å². The molecule has 3 rings (SSSR count). The Morgan fingerprint density at radius 2 is 1.59 bits per heavy atom. The Hall–Kier alpha value is -3.47. The predicted octanol–water partition coefficient (Wildman–Crippen LogP) is 4.23. The van der Waals surface area contributed by atoms with E-state index in [1.165, 1.54) is 13.8 Å². The summed E-state index contributed by atoms with van der Waals surface area (Å²) in [7, 11) is 0. The third-order valence-corrected chi connectivity index (χ3v) is 4.17. The molecule has 0 aliphatic heterocycles. The number of benzene rings is 3. The average molecular weight is 361 g/mol. The summed E-state index contributed by atoms with van der Waals surface area (Å²) in [6, 6.07) is 19.5. The normalized spacial score (nSPS) is 11.6. The number of rotatable bonds is 5. The maximum atomic E-state index is 12.4. The minimum Gasteiger partial charge on any atom is -0.449 e. The molecule has 0 saturated carbocycles. The summed E-state index contributed by atoms with van der Waals surface area (Å²) in [5.41, 5.74) is 1.35. The van der Waals surface area contributed by atoms with E-state index in [-0.39, 0.29) is 5.78 Å². The van der Waals surface area contributed by atoms with Crippen LogP contribution in [0.15, 0.2) is 66.7 Å². The Bertz CT molecular complexity index is 1030. The van der Waals surface area contributed by atoms with Crippen LogP contribution >= 0.6 is 0 Å². The second-order valence-corrected chi connectivity index (χ2v) is 6.24. The molecule has 1 atom stereocenters. The van der Waals surface area contributed by atoms with Crippen LogP contribution < -0.4 is 5.32 Å². The summed E-state index contributed by atoms with van der Waals surface area (Å²) in [6.45, 7) is 2.96. The molecule has 1 amide bonds. The molecule has 3 aromatic rings. The molecular weight excluding hydrogens is 342 g/mol. The summed E-state index contributed by atoms with van der Waals surface area (Å²) in [5, 5.41) is 4.60. The number of anilines is 1. The van der Waals surface area contributed by atoms with Crippen LogP contribution in [0.5, 0.6) is 0 Å². The zero-order valence-corrected chi connectivity index (χ0v) is 15.1. The smallest absolute Gasteiger partial charge is 0.338 e. The second kappa shape index (κ2) is 7.83. The lowest BCUT2D eigenvalue weighted by molar-refractivity contribution is -0.123. The topological polar surface area (TPSA) is 72.5 Å². The minimum atomic E-state index is -0.982. The second-order valence-electron chi connectivity index (χ2n) is 6.24. The van der Waals surface area contributed by atoms with E-state index in [4.69, 9.17) is 4.74 Å². The molecule has 0 unspecified atom stereocenters. The monoisotopic (exact) mass is 361 g/mol. The van der Waals surface area contributed by atoms with E-state index >= 15 is 0 Å². The van der Waals surface area contributed by atoms with Crippen molar-refractivity contribution in [2.45, 2.75) is 20.0 Å². The number of esters is 1. The van der Waals surface area contributed by atoms with Gasteiger partial charge in [-0.05, 0) is 48.9 Å². The van der Waals surface area contributed by atoms with Gasteiger partial charge in [0.05, 0.1) is 5.56 Å². The number of fused-ring (bicyclic) bond motifs is 1. The van der Waals surface area contributed by atoms with Gasteiger partial charge in [0, 0.05) is 11.3 Å². The Kier molecular flexibility index (Phi) is 5.31. The first kappa shape index (κ1) is 18.3. The highest BCUT2D eigenvalue weighted by molar-refractivity contribution is 6.00. The van der Waals surface area contributed by atoms with Crippen molar-refractivity contribution in [3.63, 3.8) is 0 Å². The zero-order chi connectivity index (χ0) is 19.4. The quantitative estimate of drug-likeness (QED) is 0.545. The molecule has 0 radical (unpaired) electrons. The van der Waals surface area contributed by atoms with Gasteiger partial charge in [0.2, 0.25) is 0 Å². The molecule has 3 aromatic carbocycles. The molecule has 0 bridgehead atoms. The van der Waals surface area contributed by atoms with E-state index in [9.17, 15) is 14.4 Å². The van der Waals surface area contributed by atoms with Crippen molar-refractivity contribution in [1.29, 1.82) is 0 Å². The van der Waals surface area contributed by atoms with Crippen LogP contribution in [-0.2, 0) is 9.53 Å². The fraction of sp³-hybridized carbons (Fsp3) is 0.136. The number of carbonyl (C=O) groups excluding carboxylic acids is 3. The molecule has 1 N–H and O–H groups in total. The van der Waals surface area contributed by atoms with Gasteiger partial charge in [0.1, 0.15) is 0 Å². The molecule has 0 aromatic heterocycles. The fourth-order valence-electron chi connectivity index (χ4n) is 2.66. The number of ether oxygens (including phenoxy) is 1. The first-order chi connectivity index (χ1) is 12.9. The van der Waals surface area contributed by atoms with E-state index in [2.05, 4.69) is 5.32 Å². The molecule has 0 spiro atoms. The van der Waals surface area contributed by atoms with E-state index in [1.54, 1.807) is 36.4 Å². The van der Waals surface area contributed by atoms with Crippen molar-refractivity contribution in [2.75, 3.05) is 5.32 Å². The lowest BCUT2D eigenvalue weighted by Crippen LogP contribution is -2.30. The number of nitrogens with one attached hydrogen (secondary N) is 1. The van der Waals surface area contributed by atoms with Crippen LogP contribution in [0.3, 0.4) is 0 Å². The summed E-state index contributed by atoms with van der Waals surface area (Å²) in [4.78, 5) is 36.1. The standard InChI is InChI=1S/C22H19NO4/c1-14(24)17-8-5-9-20(13-17)23-21(25)15(2)27-22(26)19-11-10-16-6-3-4-7-18(16)12-19/h3-13,15H,1-2H3,(H,23,25)/t15-/m1/s1. The summed E-state index contributed by atoms with van der Waals surface area (Å²) in [5.74, 6) is -1.13. The van der Waals surface area contributed by atoms with Gasteiger partial charge in [0.25, 0.3) is 5.91 Å². The van der Waals surface area contributed by atoms with Crippen LogP contribution in [0.2, 0.25) is 0 Å². The highest BCUT2D eigenvalue weighted by Gasteiger charge is 2.19. The number of carbonyl (C=O) groups is 3. The predicted molar refractivity (Wildman–Crippen MR) is 104 cm³/mol. The molecular formula is C22H19NO4. The molecule has 5 heteroatoms. The van der Waals surface area contributed by atoms with Gasteiger partial charge in [-0.1, -0.05) is 42.5 Å². The number of hydrogen-bond donors (Lipinski definition) is 1. The van der Waals surface area contributed by atoms with Gasteiger partial charge in [-0.25, -0.2) is 4.79 Å². The van der Waals surface area contributed by atoms with Gasteiger partial charge in [-0.15, -0.1) is 0 Å². The van der Waals surface area contributed by atoms with Crippen molar-refractivity contribution in [3.05, 3.63) is 77.9 Å². The van der Waals surface area contributed by atoms with Gasteiger partial charge in [0.15, 0.2) is 11.9 Å². The largest absolute Gasteiger partial charge is 0.449 e. The average Bonchev–Trinajstić information content (AvgIpc) is 2.67. The number of amides is 1. The van der Waals surface area contributed by atoms with E-state index in [0.29, 0.717) is 16.8 Å². The van der Waals surface area contributed by atoms with Crippen molar-refractivity contribution in [2.24, 2.45) is 0 Å². The Morgan fingerprint density at radius 3 is 2.33 bits per heavy atom. The highest BCUT2D eigenvalue weighted by atomic mass is 16.5. The van der Waals surface area contributed by atoms with Crippen molar-refractivity contribution >= 4 is 34.1 Å². The fourth-order valence-corrected chi connectivity index (χ4v) is 2.66. The van der Waals surface area contributed by atoms with Gasteiger partial charge in [-0.2, -0.15) is 0 Å². The third kappa shape index (κ3) is 4.39. The molecule has 27 heavy (non-hydrogen) atoms. The summed E-state index contributed by atoms with van der Waals surface area (Å²) >= 11 is 0. The van der Waals surface area contributed by atoms with Crippen molar-refractivity contribution < 1.29 is 19.1 Å². The molecule has 136 valence electrons. The maximum Gasteiger partial charge on any atom is 0.338 e. The lowest BCUT2D eigenvalue weighted by atomic mass is 10.1. The summed E-state index contributed by atoms with van der Waals surface area (Å²) < 4.78 is 5.28. The molecule has 0 aliphatic carbocycles. The SMILES string of the molecule is CC(=O)c1cccc(NC(=O)[C@@H](C)OC(=O)c2ccc3ccccc3c2)c1. The number of ketones is 1. The minimum absolute atomic E-state index is 0.0955. The number of hydrogen-bond acceptors (Lipinski definition) is 4.